The van der Waals surface area contributed by atoms with E-state index in [4.69, 9.17) is 5.11 Å². The number of aliphatic carboxylic acids is 1. The maximum absolute atomic E-state index is 12.1. The molecule has 0 aromatic heterocycles. The van der Waals surface area contributed by atoms with E-state index in [2.05, 4.69) is 0 Å². The quantitative estimate of drug-likeness (QED) is 0.906. The lowest BCUT2D eigenvalue weighted by Crippen LogP contribution is -2.45. The number of hydrogen-bond donors (Lipinski definition) is 1. The fraction of sp³-hybridized carbons (Fsp3) is 0.467. The van der Waals surface area contributed by atoms with E-state index in [1.54, 1.807) is 4.90 Å². The molecule has 1 aromatic rings. The molecule has 1 fully saturated rings. The van der Waals surface area contributed by atoms with Crippen LogP contribution in [0, 0.1) is 0 Å². The van der Waals surface area contributed by atoms with Crippen molar-refractivity contribution in [1.82, 2.24) is 4.90 Å². The van der Waals surface area contributed by atoms with Crippen LogP contribution in [-0.4, -0.2) is 27.9 Å². The van der Waals surface area contributed by atoms with E-state index < -0.39 is 5.97 Å². The Labute approximate surface area is 113 Å². The third-order valence-electron chi connectivity index (χ3n) is 3.72. The van der Waals surface area contributed by atoms with Crippen molar-refractivity contribution >= 4 is 11.9 Å². The minimum absolute atomic E-state index is 0.0307. The highest BCUT2D eigenvalue weighted by molar-refractivity contribution is 5.79. The Bertz CT molecular complexity index is 458. The predicted octanol–water partition coefficient (Wildman–Crippen LogP) is 2.60. The molecule has 4 heteroatoms. The minimum Gasteiger partial charge on any atom is -0.481 e. The number of carboxylic acids is 1. The van der Waals surface area contributed by atoms with E-state index in [-0.39, 0.29) is 24.4 Å². The van der Waals surface area contributed by atoms with Crippen LogP contribution < -0.4 is 0 Å². The van der Waals surface area contributed by atoms with Gasteiger partial charge >= 0.3 is 5.97 Å². The van der Waals surface area contributed by atoms with Gasteiger partial charge in [0.05, 0.1) is 12.5 Å². The summed E-state index contributed by atoms with van der Waals surface area (Å²) in [4.78, 5) is 24.8. The molecule has 19 heavy (non-hydrogen) atoms. The number of benzene rings is 1. The van der Waals surface area contributed by atoms with Gasteiger partial charge in [-0.05, 0) is 25.3 Å². The zero-order chi connectivity index (χ0) is 13.8. The molecule has 1 heterocycles. The molecular formula is C15H19NO3. The molecule has 1 N–H and O–H groups in total. The van der Waals surface area contributed by atoms with Gasteiger partial charge in [0.25, 0.3) is 0 Å². The molecule has 2 rings (SSSR count). The van der Waals surface area contributed by atoms with Crippen LogP contribution in [0.25, 0.3) is 0 Å². The normalized spacial score (nSPS) is 21.2. The largest absolute Gasteiger partial charge is 0.481 e. The van der Waals surface area contributed by atoms with E-state index >= 15 is 0 Å². The lowest BCUT2D eigenvalue weighted by Gasteiger charge is -2.39. The van der Waals surface area contributed by atoms with Gasteiger partial charge in [-0.3, -0.25) is 9.59 Å². The van der Waals surface area contributed by atoms with Gasteiger partial charge in [-0.1, -0.05) is 30.3 Å². The van der Waals surface area contributed by atoms with Crippen LogP contribution >= 0.6 is 0 Å². The summed E-state index contributed by atoms with van der Waals surface area (Å²) >= 11 is 0. The van der Waals surface area contributed by atoms with Gasteiger partial charge in [0, 0.05) is 12.5 Å². The molecule has 0 saturated carbocycles. The van der Waals surface area contributed by atoms with Crippen molar-refractivity contribution in [2.24, 2.45) is 0 Å². The number of carbonyl (C=O) groups excluding carboxylic acids is 1. The van der Waals surface area contributed by atoms with Crippen LogP contribution in [-0.2, 0) is 9.59 Å². The van der Waals surface area contributed by atoms with Crippen LogP contribution in [0.1, 0.15) is 44.2 Å². The van der Waals surface area contributed by atoms with Gasteiger partial charge in [0.2, 0.25) is 5.91 Å². The second-order valence-electron chi connectivity index (χ2n) is 5.03. The molecule has 2 atom stereocenters. The molecule has 1 amide bonds. The van der Waals surface area contributed by atoms with Gasteiger partial charge < -0.3 is 10.0 Å². The zero-order valence-electron chi connectivity index (χ0n) is 11.1. The van der Waals surface area contributed by atoms with Crippen molar-refractivity contribution in [1.29, 1.82) is 0 Å². The summed E-state index contributed by atoms with van der Waals surface area (Å²) in [6.07, 6.45) is 2.11. The first-order chi connectivity index (χ1) is 9.09. The molecule has 102 valence electrons. The average molecular weight is 261 g/mol. The highest BCUT2D eigenvalue weighted by Gasteiger charge is 2.33. The molecule has 1 aliphatic heterocycles. The van der Waals surface area contributed by atoms with Gasteiger partial charge in [0.15, 0.2) is 0 Å². The van der Waals surface area contributed by atoms with Crippen molar-refractivity contribution in [3.05, 3.63) is 35.9 Å². The van der Waals surface area contributed by atoms with Crippen LogP contribution in [0.2, 0.25) is 0 Å². The predicted molar refractivity (Wildman–Crippen MR) is 71.6 cm³/mol. The van der Waals surface area contributed by atoms with Crippen molar-refractivity contribution < 1.29 is 14.7 Å². The van der Waals surface area contributed by atoms with E-state index in [9.17, 15) is 9.59 Å². The summed E-state index contributed by atoms with van der Waals surface area (Å²) in [5.41, 5.74) is 1.05. The number of hydrogen-bond acceptors (Lipinski definition) is 2. The lowest BCUT2D eigenvalue weighted by atomic mass is 9.94. The highest BCUT2D eigenvalue weighted by Crippen LogP contribution is 2.30. The lowest BCUT2D eigenvalue weighted by molar-refractivity contribution is -0.144. The Morgan fingerprint density at radius 1 is 1.42 bits per heavy atom. The Morgan fingerprint density at radius 3 is 2.74 bits per heavy atom. The van der Waals surface area contributed by atoms with Crippen molar-refractivity contribution in [3.8, 4) is 0 Å². The summed E-state index contributed by atoms with van der Waals surface area (Å²) in [5.74, 6) is -0.779. The van der Waals surface area contributed by atoms with E-state index in [1.165, 1.54) is 0 Å². The van der Waals surface area contributed by atoms with Crippen molar-refractivity contribution in [2.45, 2.75) is 44.7 Å². The van der Waals surface area contributed by atoms with Gasteiger partial charge in [-0.25, -0.2) is 0 Å². The van der Waals surface area contributed by atoms with E-state index in [0.29, 0.717) is 6.42 Å². The number of amides is 1. The number of likely N-dealkylation sites (tertiary alicyclic amines) is 1. The molecule has 4 nitrogen and oxygen atoms in total. The maximum atomic E-state index is 12.1. The molecule has 0 spiro atoms. The number of rotatable bonds is 4. The molecule has 1 aliphatic rings. The number of carboxylic acid groups (broad SMARTS) is 1. The van der Waals surface area contributed by atoms with E-state index in [0.717, 1.165) is 18.4 Å². The molecule has 1 saturated heterocycles. The Hall–Kier alpha value is -1.84. The Morgan fingerprint density at radius 2 is 2.11 bits per heavy atom. The molecular weight excluding hydrogens is 242 g/mol. The minimum atomic E-state index is -0.843. The van der Waals surface area contributed by atoms with Gasteiger partial charge in [-0.15, -0.1) is 0 Å². The number of carbonyl (C=O) groups is 2. The summed E-state index contributed by atoms with van der Waals surface area (Å²) in [7, 11) is 0. The van der Waals surface area contributed by atoms with Crippen LogP contribution in [0.15, 0.2) is 30.3 Å². The summed E-state index contributed by atoms with van der Waals surface area (Å²) in [6, 6.07) is 9.50. The topological polar surface area (TPSA) is 57.6 Å². The molecule has 1 unspecified atom stereocenters. The SMILES string of the molecule is C[C@@H](c1ccccc1)N1C(=O)CCCC1CC(=O)O. The number of piperidine rings is 1. The smallest absolute Gasteiger partial charge is 0.305 e. The second-order valence-corrected chi connectivity index (χ2v) is 5.03. The van der Waals surface area contributed by atoms with Crippen molar-refractivity contribution in [3.63, 3.8) is 0 Å². The van der Waals surface area contributed by atoms with Crippen LogP contribution in [0.5, 0.6) is 0 Å². The first-order valence-electron chi connectivity index (χ1n) is 6.67. The second kappa shape index (κ2) is 5.87. The van der Waals surface area contributed by atoms with Gasteiger partial charge in [0.1, 0.15) is 0 Å². The summed E-state index contributed by atoms with van der Waals surface area (Å²) < 4.78 is 0. The Balaban J connectivity index is 2.21. The van der Waals surface area contributed by atoms with Gasteiger partial charge in [-0.2, -0.15) is 0 Å². The third-order valence-corrected chi connectivity index (χ3v) is 3.72. The fourth-order valence-corrected chi connectivity index (χ4v) is 2.79. The molecule has 0 bridgehead atoms. The summed E-state index contributed by atoms with van der Waals surface area (Å²) in [5, 5.41) is 8.98. The van der Waals surface area contributed by atoms with Crippen molar-refractivity contribution in [2.75, 3.05) is 0 Å². The first kappa shape index (κ1) is 13.6. The first-order valence-corrected chi connectivity index (χ1v) is 6.67. The molecule has 1 aromatic carbocycles. The standard InChI is InChI=1S/C15H19NO3/c1-11(12-6-3-2-4-7-12)16-13(10-15(18)19)8-5-9-14(16)17/h2-4,6-7,11,13H,5,8-10H2,1H3,(H,18,19)/t11-,13?/m0/s1. The third kappa shape index (κ3) is 3.13. The maximum Gasteiger partial charge on any atom is 0.305 e. The number of nitrogens with zero attached hydrogens (tertiary/aromatic N) is 1. The average Bonchev–Trinajstić information content (AvgIpc) is 2.38. The summed E-state index contributed by atoms with van der Waals surface area (Å²) in [6.45, 7) is 1.97. The monoisotopic (exact) mass is 261 g/mol. The zero-order valence-corrected chi connectivity index (χ0v) is 11.1. The molecule has 0 radical (unpaired) electrons. The van der Waals surface area contributed by atoms with E-state index in [1.807, 2.05) is 37.3 Å². The van der Waals surface area contributed by atoms with Crippen LogP contribution in [0.4, 0.5) is 0 Å². The Kier molecular flexibility index (Phi) is 4.20. The molecule has 0 aliphatic carbocycles. The van der Waals surface area contributed by atoms with Crippen LogP contribution in [0.3, 0.4) is 0 Å². The fourth-order valence-electron chi connectivity index (χ4n) is 2.79. The highest BCUT2D eigenvalue weighted by atomic mass is 16.4.